The van der Waals surface area contributed by atoms with E-state index in [0.717, 1.165) is 29.9 Å². The largest absolute Gasteiger partial charge is 0.327 e. The highest BCUT2D eigenvalue weighted by molar-refractivity contribution is 7.99. The Morgan fingerprint density at radius 2 is 2.04 bits per heavy atom. The number of carbonyl (C=O) groups excluding carboxylic acids is 1. The number of nitrogens with zero attached hydrogens (tertiary/aromatic N) is 2. The Morgan fingerprint density at radius 3 is 2.61 bits per heavy atom. The van der Waals surface area contributed by atoms with Crippen LogP contribution in [0.2, 0.25) is 0 Å². The van der Waals surface area contributed by atoms with E-state index in [1.807, 2.05) is 6.92 Å². The number of aromatic nitrogens is 1. The molecule has 0 atom stereocenters. The number of nitrogens with one attached hydrogen (secondary N) is 1. The van der Waals surface area contributed by atoms with Gasteiger partial charge in [0.05, 0.1) is 11.3 Å². The molecular formula is C18H27N3OS. The van der Waals surface area contributed by atoms with E-state index in [1.165, 1.54) is 12.8 Å². The fourth-order valence-electron chi connectivity index (χ4n) is 3.26. The van der Waals surface area contributed by atoms with Crippen molar-refractivity contribution in [3.05, 3.63) is 16.8 Å². The van der Waals surface area contributed by atoms with Crippen LogP contribution in [0.5, 0.6) is 0 Å². The molecule has 1 fully saturated rings. The molecule has 2 rings (SSSR count). The number of anilines is 1. The lowest BCUT2D eigenvalue weighted by atomic mass is 10.2. The van der Waals surface area contributed by atoms with Crippen molar-refractivity contribution in [3.8, 4) is 6.07 Å². The first kappa shape index (κ1) is 17.9. The lowest BCUT2D eigenvalue weighted by Crippen LogP contribution is -2.20. The monoisotopic (exact) mass is 333 g/mol. The quantitative estimate of drug-likeness (QED) is 0.838. The second-order valence-electron chi connectivity index (χ2n) is 6.81. The molecule has 1 heterocycles. The fourth-order valence-corrected chi connectivity index (χ4v) is 4.11. The predicted molar refractivity (Wildman–Crippen MR) is 96.9 cm³/mol. The third-order valence-corrected chi connectivity index (χ3v) is 5.87. The summed E-state index contributed by atoms with van der Waals surface area (Å²) in [6.07, 6.45) is 4.71. The van der Waals surface area contributed by atoms with Gasteiger partial charge in [-0.15, -0.1) is 0 Å². The van der Waals surface area contributed by atoms with Crippen molar-refractivity contribution in [2.45, 2.75) is 59.4 Å². The van der Waals surface area contributed by atoms with Gasteiger partial charge in [-0.1, -0.05) is 26.7 Å². The van der Waals surface area contributed by atoms with E-state index in [-0.39, 0.29) is 5.91 Å². The van der Waals surface area contributed by atoms with Gasteiger partial charge < -0.3 is 9.88 Å². The predicted octanol–water partition coefficient (Wildman–Crippen LogP) is 4.42. The minimum absolute atomic E-state index is 0.0103. The summed E-state index contributed by atoms with van der Waals surface area (Å²) in [5.74, 6) is 2.69. The van der Waals surface area contributed by atoms with Crippen molar-refractivity contribution in [2.24, 2.45) is 5.92 Å². The van der Waals surface area contributed by atoms with E-state index in [1.54, 1.807) is 11.8 Å². The van der Waals surface area contributed by atoms with E-state index in [0.29, 0.717) is 29.1 Å². The van der Waals surface area contributed by atoms with Gasteiger partial charge in [-0.2, -0.15) is 17.0 Å². The number of hydrogen-bond acceptors (Lipinski definition) is 3. The summed E-state index contributed by atoms with van der Waals surface area (Å²) in [7, 11) is 0. The van der Waals surface area contributed by atoms with Crippen LogP contribution in [-0.4, -0.2) is 22.0 Å². The van der Waals surface area contributed by atoms with Crippen molar-refractivity contribution < 1.29 is 4.79 Å². The molecule has 0 aliphatic heterocycles. The van der Waals surface area contributed by atoms with E-state index < -0.39 is 0 Å². The highest BCUT2D eigenvalue weighted by Gasteiger charge is 2.26. The Labute approximate surface area is 143 Å². The summed E-state index contributed by atoms with van der Waals surface area (Å²) in [6, 6.07) is 2.70. The molecule has 5 heteroatoms. The first-order valence-corrected chi connectivity index (χ1v) is 9.60. The Hall–Kier alpha value is -1.41. The molecule has 1 saturated carbocycles. The molecule has 0 saturated heterocycles. The van der Waals surface area contributed by atoms with Gasteiger partial charge in [0.15, 0.2) is 0 Å². The van der Waals surface area contributed by atoms with E-state index in [9.17, 15) is 10.1 Å². The Kier molecular flexibility index (Phi) is 6.17. The van der Waals surface area contributed by atoms with Crippen molar-refractivity contribution in [1.29, 1.82) is 5.26 Å². The van der Waals surface area contributed by atoms with Crippen molar-refractivity contribution in [3.63, 3.8) is 0 Å². The van der Waals surface area contributed by atoms with Gasteiger partial charge in [0, 0.05) is 11.7 Å². The van der Waals surface area contributed by atoms with Gasteiger partial charge in [-0.05, 0) is 43.9 Å². The highest BCUT2D eigenvalue weighted by atomic mass is 32.2. The maximum absolute atomic E-state index is 12.3. The first-order valence-electron chi connectivity index (χ1n) is 8.44. The summed E-state index contributed by atoms with van der Waals surface area (Å²) in [5.41, 5.74) is 2.72. The molecule has 1 aliphatic carbocycles. The first-order chi connectivity index (χ1) is 11.0. The third-order valence-electron chi connectivity index (χ3n) is 4.50. The molecule has 0 radical (unpaired) electrons. The van der Waals surface area contributed by atoms with Crippen LogP contribution in [0.15, 0.2) is 0 Å². The van der Waals surface area contributed by atoms with Crippen molar-refractivity contribution >= 4 is 23.5 Å². The van der Waals surface area contributed by atoms with Gasteiger partial charge >= 0.3 is 0 Å². The van der Waals surface area contributed by atoms with Crippen molar-refractivity contribution in [2.75, 3.05) is 16.8 Å². The number of nitriles is 1. The normalized spacial score (nSPS) is 15.1. The Morgan fingerprint density at radius 1 is 1.39 bits per heavy atom. The second kappa shape index (κ2) is 7.92. The van der Waals surface area contributed by atoms with E-state index in [4.69, 9.17) is 0 Å². The smallest absolute Gasteiger partial charge is 0.235 e. The average Bonchev–Trinajstić information content (AvgIpc) is 3.07. The van der Waals surface area contributed by atoms with Gasteiger partial charge in [0.1, 0.15) is 11.9 Å². The third kappa shape index (κ3) is 4.11. The van der Waals surface area contributed by atoms with Crippen LogP contribution in [0.3, 0.4) is 0 Å². The zero-order valence-corrected chi connectivity index (χ0v) is 15.4. The standard InChI is InChI=1S/C18H27N3OS/c1-12(2)10-23-11-17(22)20-18-16(9-19)13(3)14(4)21(18)15-7-5-6-8-15/h12,15H,5-8,10-11H2,1-4H3,(H,20,22). The van der Waals surface area contributed by atoms with Crippen LogP contribution in [0.4, 0.5) is 5.82 Å². The number of rotatable bonds is 6. The molecule has 1 aromatic heterocycles. The molecule has 1 amide bonds. The van der Waals surface area contributed by atoms with Crippen LogP contribution in [0, 0.1) is 31.1 Å². The summed E-state index contributed by atoms with van der Waals surface area (Å²) < 4.78 is 2.20. The molecule has 4 nitrogen and oxygen atoms in total. The minimum atomic E-state index is -0.0103. The molecule has 0 unspecified atom stereocenters. The van der Waals surface area contributed by atoms with Crippen LogP contribution in [0.1, 0.15) is 62.4 Å². The second-order valence-corrected chi connectivity index (χ2v) is 7.84. The summed E-state index contributed by atoms with van der Waals surface area (Å²) >= 11 is 1.65. The summed E-state index contributed by atoms with van der Waals surface area (Å²) in [5, 5.41) is 12.5. The molecule has 1 N–H and O–H groups in total. The van der Waals surface area contributed by atoms with Gasteiger partial charge in [0.25, 0.3) is 0 Å². The molecule has 126 valence electrons. The number of amides is 1. The molecule has 0 spiro atoms. The van der Waals surface area contributed by atoms with Gasteiger partial charge in [-0.25, -0.2) is 0 Å². The lowest BCUT2D eigenvalue weighted by Gasteiger charge is -2.19. The average molecular weight is 334 g/mol. The van der Waals surface area contributed by atoms with E-state index >= 15 is 0 Å². The highest BCUT2D eigenvalue weighted by Crippen LogP contribution is 2.37. The molecule has 23 heavy (non-hydrogen) atoms. The maximum Gasteiger partial charge on any atom is 0.235 e. The number of thioether (sulfide) groups is 1. The maximum atomic E-state index is 12.3. The zero-order valence-electron chi connectivity index (χ0n) is 14.6. The topological polar surface area (TPSA) is 57.8 Å². The van der Waals surface area contributed by atoms with Gasteiger partial charge in [-0.3, -0.25) is 4.79 Å². The Bertz CT molecular complexity index is 607. The Balaban J connectivity index is 2.20. The van der Waals surface area contributed by atoms with E-state index in [2.05, 4.69) is 36.7 Å². The zero-order chi connectivity index (χ0) is 17.0. The van der Waals surface area contributed by atoms with Crippen LogP contribution < -0.4 is 5.32 Å². The molecular weight excluding hydrogens is 306 g/mol. The molecule has 1 aliphatic rings. The fraction of sp³-hybridized carbons (Fsp3) is 0.667. The summed E-state index contributed by atoms with van der Waals surface area (Å²) in [4.78, 5) is 12.3. The lowest BCUT2D eigenvalue weighted by molar-refractivity contribution is -0.113. The molecule has 0 aromatic carbocycles. The van der Waals surface area contributed by atoms with Gasteiger partial charge in [0.2, 0.25) is 5.91 Å². The number of hydrogen-bond donors (Lipinski definition) is 1. The SMILES string of the molecule is Cc1c(C#N)c(NC(=O)CSCC(C)C)n(C2CCCC2)c1C. The number of carbonyl (C=O) groups is 1. The van der Waals surface area contributed by atoms with Crippen LogP contribution >= 0.6 is 11.8 Å². The molecule has 1 aromatic rings. The summed E-state index contributed by atoms with van der Waals surface area (Å²) in [6.45, 7) is 8.33. The van der Waals surface area contributed by atoms with Crippen LogP contribution in [0.25, 0.3) is 0 Å². The van der Waals surface area contributed by atoms with Crippen LogP contribution in [-0.2, 0) is 4.79 Å². The van der Waals surface area contributed by atoms with Crippen molar-refractivity contribution in [1.82, 2.24) is 4.57 Å². The molecule has 0 bridgehead atoms. The minimum Gasteiger partial charge on any atom is -0.327 e.